The molecule has 0 unspecified atom stereocenters. The van der Waals surface area contributed by atoms with E-state index in [4.69, 9.17) is 10.2 Å². The zero-order chi connectivity index (χ0) is 12.5. The molecule has 0 saturated carbocycles. The van der Waals surface area contributed by atoms with Crippen molar-refractivity contribution in [3.05, 3.63) is 29.5 Å². The third-order valence-corrected chi connectivity index (χ3v) is 3.96. The van der Waals surface area contributed by atoms with E-state index in [9.17, 15) is 4.79 Å². The third kappa shape index (κ3) is 2.04. The molecule has 1 aliphatic rings. The molecule has 5 nitrogen and oxygen atoms in total. The number of hydrogen-bond donors (Lipinski definition) is 1. The van der Waals surface area contributed by atoms with Crippen molar-refractivity contribution < 1.29 is 9.21 Å². The Labute approximate surface area is 108 Å². The smallest absolute Gasteiger partial charge is 0.265 e. The Morgan fingerprint density at radius 2 is 2.50 bits per heavy atom. The third-order valence-electron chi connectivity index (χ3n) is 2.96. The average molecular weight is 263 g/mol. The van der Waals surface area contributed by atoms with Crippen molar-refractivity contribution in [1.82, 2.24) is 9.88 Å². The predicted molar refractivity (Wildman–Crippen MR) is 68.3 cm³/mol. The maximum Gasteiger partial charge on any atom is 0.265 e. The van der Waals surface area contributed by atoms with Gasteiger partial charge in [-0.05, 0) is 18.6 Å². The Morgan fingerprint density at radius 3 is 3.17 bits per heavy atom. The van der Waals surface area contributed by atoms with Gasteiger partial charge in [-0.1, -0.05) is 0 Å². The van der Waals surface area contributed by atoms with Gasteiger partial charge in [0.05, 0.1) is 12.5 Å². The highest BCUT2D eigenvalue weighted by Gasteiger charge is 2.26. The summed E-state index contributed by atoms with van der Waals surface area (Å²) < 4.78 is 5.26. The van der Waals surface area contributed by atoms with E-state index in [0.717, 1.165) is 18.0 Å². The number of aromatic nitrogens is 1. The number of amides is 1. The van der Waals surface area contributed by atoms with E-state index in [1.54, 1.807) is 23.4 Å². The van der Waals surface area contributed by atoms with Gasteiger partial charge in [0.15, 0.2) is 10.8 Å². The molecule has 0 radical (unpaired) electrons. The summed E-state index contributed by atoms with van der Waals surface area (Å²) in [6.07, 6.45) is 4.07. The lowest BCUT2D eigenvalue weighted by Crippen LogP contribution is -2.31. The quantitative estimate of drug-likeness (QED) is 0.892. The molecule has 6 heteroatoms. The molecule has 3 heterocycles. The fourth-order valence-electron chi connectivity index (χ4n) is 2.01. The van der Waals surface area contributed by atoms with Crippen LogP contribution in [0.1, 0.15) is 16.1 Å². The SMILES string of the molecule is N[C@@H]1CCN(C(=O)c2cnc(-c3ccco3)s2)C1. The largest absolute Gasteiger partial charge is 0.462 e. The van der Waals surface area contributed by atoms with Crippen molar-refractivity contribution in [2.45, 2.75) is 12.5 Å². The molecular formula is C12H13N3O2S. The summed E-state index contributed by atoms with van der Waals surface area (Å²) in [5, 5.41) is 0.729. The zero-order valence-corrected chi connectivity index (χ0v) is 10.5. The van der Waals surface area contributed by atoms with Gasteiger partial charge < -0.3 is 15.1 Å². The highest BCUT2D eigenvalue weighted by atomic mass is 32.1. The molecule has 1 saturated heterocycles. The number of carbonyl (C=O) groups is 1. The standard InChI is InChI=1S/C12H13N3O2S/c13-8-3-4-15(7-8)12(16)10-6-14-11(18-10)9-2-1-5-17-9/h1-2,5-6,8H,3-4,7,13H2/t8-/m1/s1. The molecule has 18 heavy (non-hydrogen) atoms. The van der Waals surface area contributed by atoms with Crippen LogP contribution in [0, 0.1) is 0 Å². The Bertz CT molecular complexity index is 549. The molecule has 1 amide bonds. The molecule has 2 aromatic rings. The number of nitrogens with zero attached hydrogens (tertiary/aromatic N) is 2. The predicted octanol–water partition coefficient (Wildman–Crippen LogP) is 1.58. The molecule has 3 rings (SSSR count). The van der Waals surface area contributed by atoms with Crippen LogP contribution in [0.15, 0.2) is 29.0 Å². The maximum absolute atomic E-state index is 12.2. The molecule has 1 fully saturated rings. The summed E-state index contributed by atoms with van der Waals surface area (Å²) in [5.74, 6) is 0.704. The van der Waals surface area contributed by atoms with E-state index in [0.29, 0.717) is 17.2 Å². The number of furan rings is 1. The lowest BCUT2D eigenvalue weighted by Gasteiger charge is -2.13. The fraction of sp³-hybridized carbons (Fsp3) is 0.333. The van der Waals surface area contributed by atoms with Gasteiger partial charge >= 0.3 is 0 Å². The summed E-state index contributed by atoms with van der Waals surface area (Å²) in [6.45, 7) is 1.36. The number of nitrogens with two attached hydrogens (primary N) is 1. The first-order chi connectivity index (χ1) is 8.74. The van der Waals surface area contributed by atoms with Crippen molar-refractivity contribution in [3.8, 4) is 10.8 Å². The molecule has 0 aliphatic carbocycles. The Kier molecular flexibility index (Phi) is 2.89. The minimum atomic E-state index is 0.0123. The zero-order valence-electron chi connectivity index (χ0n) is 9.70. The Morgan fingerprint density at radius 1 is 1.61 bits per heavy atom. The lowest BCUT2D eigenvalue weighted by atomic mass is 10.3. The summed E-state index contributed by atoms with van der Waals surface area (Å²) in [7, 11) is 0. The molecule has 0 spiro atoms. The number of thiazole rings is 1. The topological polar surface area (TPSA) is 72.4 Å². The van der Waals surface area contributed by atoms with E-state index in [2.05, 4.69) is 4.98 Å². The van der Waals surface area contributed by atoms with Crippen molar-refractivity contribution in [3.63, 3.8) is 0 Å². The normalized spacial score (nSPS) is 19.4. The summed E-state index contributed by atoms with van der Waals surface area (Å²) in [5.41, 5.74) is 5.80. The number of hydrogen-bond acceptors (Lipinski definition) is 5. The van der Waals surface area contributed by atoms with Crippen LogP contribution in [-0.2, 0) is 0 Å². The summed E-state index contributed by atoms with van der Waals surface area (Å²) in [4.78, 5) is 18.8. The molecule has 1 atom stereocenters. The first-order valence-electron chi connectivity index (χ1n) is 5.78. The molecule has 94 valence electrons. The highest BCUT2D eigenvalue weighted by Crippen LogP contribution is 2.26. The van der Waals surface area contributed by atoms with Crippen molar-refractivity contribution in [2.24, 2.45) is 5.73 Å². The molecule has 0 aromatic carbocycles. The van der Waals surface area contributed by atoms with Gasteiger partial charge in [-0.3, -0.25) is 4.79 Å². The van der Waals surface area contributed by atoms with Crippen LogP contribution in [0.2, 0.25) is 0 Å². The molecular weight excluding hydrogens is 250 g/mol. The van der Waals surface area contributed by atoms with E-state index in [1.807, 2.05) is 6.07 Å². The van der Waals surface area contributed by atoms with Crippen molar-refractivity contribution in [2.75, 3.05) is 13.1 Å². The monoisotopic (exact) mass is 263 g/mol. The first kappa shape index (κ1) is 11.4. The lowest BCUT2D eigenvalue weighted by molar-refractivity contribution is 0.0795. The van der Waals surface area contributed by atoms with Crippen molar-refractivity contribution in [1.29, 1.82) is 0 Å². The second-order valence-electron chi connectivity index (χ2n) is 4.31. The fourth-order valence-corrected chi connectivity index (χ4v) is 2.87. The first-order valence-corrected chi connectivity index (χ1v) is 6.60. The van der Waals surface area contributed by atoms with Crippen LogP contribution in [-0.4, -0.2) is 34.9 Å². The number of likely N-dealkylation sites (tertiary alicyclic amines) is 1. The van der Waals surface area contributed by atoms with Crippen LogP contribution in [0.4, 0.5) is 0 Å². The van der Waals surface area contributed by atoms with Crippen molar-refractivity contribution >= 4 is 17.2 Å². The Hall–Kier alpha value is -1.66. The van der Waals surface area contributed by atoms with Gasteiger partial charge in [-0.2, -0.15) is 0 Å². The van der Waals surface area contributed by atoms with Gasteiger partial charge in [0, 0.05) is 19.1 Å². The Balaban J connectivity index is 1.79. The second-order valence-corrected chi connectivity index (χ2v) is 5.34. The van der Waals surface area contributed by atoms with E-state index < -0.39 is 0 Å². The van der Waals surface area contributed by atoms with E-state index >= 15 is 0 Å². The highest BCUT2D eigenvalue weighted by molar-refractivity contribution is 7.16. The van der Waals surface area contributed by atoms with Gasteiger partial charge in [0.1, 0.15) is 4.88 Å². The number of rotatable bonds is 2. The molecule has 1 aliphatic heterocycles. The minimum Gasteiger partial charge on any atom is -0.462 e. The van der Waals surface area contributed by atoms with E-state index in [-0.39, 0.29) is 11.9 Å². The molecule has 2 N–H and O–H groups in total. The van der Waals surface area contributed by atoms with Crippen LogP contribution < -0.4 is 5.73 Å². The summed E-state index contributed by atoms with van der Waals surface area (Å²) >= 11 is 1.35. The van der Waals surface area contributed by atoms with Crippen LogP contribution in [0.25, 0.3) is 10.8 Å². The molecule has 0 bridgehead atoms. The average Bonchev–Trinajstić information content (AvgIpc) is 3.09. The van der Waals surface area contributed by atoms with Gasteiger partial charge in [-0.15, -0.1) is 11.3 Å². The number of carbonyl (C=O) groups excluding carboxylic acids is 1. The van der Waals surface area contributed by atoms with Gasteiger partial charge in [-0.25, -0.2) is 4.98 Å². The maximum atomic E-state index is 12.2. The minimum absolute atomic E-state index is 0.0123. The van der Waals surface area contributed by atoms with Gasteiger partial charge in [0.25, 0.3) is 5.91 Å². The van der Waals surface area contributed by atoms with Gasteiger partial charge in [0.2, 0.25) is 0 Å². The second kappa shape index (κ2) is 4.55. The van der Waals surface area contributed by atoms with Crippen LogP contribution in [0.3, 0.4) is 0 Å². The van der Waals surface area contributed by atoms with Crippen LogP contribution >= 0.6 is 11.3 Å². The van der Waals surface area contributed by atoms with E-state index in [1.165, 1.54) is 11.3 Å². The summed E-state index contributed by atoms with van der Waals surface area (Å²) in [6, 6.07) is 3.74. The van der Waals surface area contributed by atoms with Crippen LogP contribution in [0.5, 0.6) is 0 Å². The molecule has 2 aromatic heterocycles.